The van der Waals surface area contributed by atoms with Gasteiger partial charge in [-0.05, 0) is 12.8 Å². The summed E-state index contributed by atoms with van der Waals surface area (Å²) >= 11 is 0.700. The van der Waals surface area contributed by atoms with Crippen molar-refractivity contribution in [2.75, 3.05) is 11.9 Å². The van der Waals surface area contributed by atoms with Crippen LogP contribution < -0.4 is 10.6 Å². The predicted molar refractivity (Wildman–Crippen MR) is 79.4 cm³/mol. The van der Waals surface area contributed by atoms with Gasteiger partial charge in [-0.25, -0.2) is 0 Å². The number of carbonyl (C=O) groups is 2. The van der Waals surface area contributed by atoms with Crippen molar-refractivity contribution in [1.29, 1.82) is 0 Å². The molecular formula is C13H11F3N6O2S. The number of amides is 2. The van der Waals surface area contributed by atoms with Crippen LogP contribution in [0.1, 0.15) is 38.8 Å². The average molecular weight is 372 g/mol. The van der Waals surface area contributed by atoms with Gasteiger partial charge < -0.3 is 5.32 Å². The normalized spacial score (nSPS) is 18.4. The van der Waals surface area contributed by atoms with Gasteiger partial charge >= 0.3 is 6.18 Å². The number of nitrogens with zero attached hydrogens (tertiary/aromatic N) is 4. The molecule has 2 aromatic heterocycles. The van der Waals surface area contributed by atoms with E-state index in [2.05, 4.69) is 25.9 Å². The number of rotatable bonds is 3. The Morgan fingerprint density at radius 3 is 2.76 bits per heavy atom. The van der Waals surface area contributed by atoms with Crippen LogP contribution >= 0.6 is 11.3 Å². The zero-order valence-electron chi connectivity index (χ0n) is 12.6. The van der Waals surface area contributed by atoms with E-state index >= 15 is 0 Å². The minimum absolute atomic E-state index is 0.0132. The van der Waals surface area contributed by atoms with Gasteiger partial charge in [-0.2, -0.15) is 18.3 Å². The Kier molecular flexibility index (Phi) is 3.36. The lowest BCUT2D eigenvalue weighted by atomic mass is 10.1. The summed E-state index contributed by atoms with van der Waals surface area (Å²) < 4.78 is 40.7. The summed E-state index contributed by atoms with van der Waals surface area (Å²) in [6, 6.07) is 1.32. The third-order valence-electron chi connectivity index (χ3n) is 4.20. The van der Waals surface area contributed by atoms with E-state index < -0.39 is 17.5 Å². The standard InChI is InChI=1S/C13H11F3N6O2S/c14-13(15,16)12(1-2-12)10-19-20-11(25-10)18-8(23)6-5-7-9(24)17-3-4-22(7)21-6/h5H,1-4H2,(H,17,24)(H,18,20,23). The molecule has 1 saturated carbocycles. The number of alkyl halides is 3. The third kappa shape index (κ3) is 2.56. The Balaban J connectivity index is 1.52. The Labute approximate surface area is 142 Å². The van der Waals surface area contributed by atoms with Crippen LogP contribution in [0.2, 0.25) is 0 Å². The van der Waals surface area contributed by atoms with Crippen molar-refractivity contribution in [3.8, 4) is 0 Å². The second-order valence-corrected chi connectivity index (χ2v) is 6.82. The van der Waals surface area contributed by atoms with Gasteiger partial charge in [-0.1, -0.05) is 11.3 Å². The smallest absolute Gasteiger partial charge is 0.349 e. The quantitative estimate of drug-likeness (QED) is 0.846. The van der Waals surface area contributed by atoms with Crippen LogP contribution in [-0.4, -0.2) is 44.5 Å². The topological polar surface area (TPSA) is 102 Å². The van der Waals surface area contributed by atoms with Gasteiger partial charge in [0.25, 0.3) is 11.8 Å². The Morgan fingerprint density at radius 2 is 2.12 bits per heavy atom. The first-order valence-corrected chi connectivity index (χ1v) is 8.20. The second-order valence-electron chi connectivity index (χ2n) is 5.84. The zero-order valence-corrected chi connectivity index (χ0v) is 13.4. The van der Waals surface area contributed by atoms with Gasteiger partial charge in [-0.3, -0.25) is 19.6 Å². The van der Waals surface area contributed by atoms with E-state index in [-0.39, 0.29) is 40.3 Å². The summed E-state index contributed by atoms with van der Waals surface area (Å²) in [6.45, 7) is 0.846. The molecule has 12 heteroatoms. The zero-order chi connectivity index (χ0) is 17.8. The average Bonchev–Trinajstić information content (AvgIpc) is 3.04. The highest BCUT2D eigenvalue weighted by Crippen LogP contribution is 2.59. The van der Waals surface area contributed by atoms with Crippen molar-refractivity contribution in [2.24, 2.45) is 0 Å². The molecule has 1 aliphatic heterocycles. The molecule has 0 aromatic carbocycles. The molecule has 1 aliphatic carbocycles. The van der Waals surface area contributed by atoms with E-state index in [1.165, 1.54) is 10.7 Å². The van der Waals surface area contributed by atoms with Crippen molar-refractivity contribution in [2.45, 2.75) is 31.0 Å². The fourth-order valence-electron chi connectivity index (χ4n) is 2.62. The van der Waals surface area contributed by atoms with Gasteiger partial charge in [0.15, 0.2) is 5.69 Å². The molecule has 0 saturated heterocycles. The molecule has 25 heavy (non-hydrogen) atoms. The maximum absolute atomic E-state index is 13.1. The number of aromatic nitrogens is 4. The summed E-state index contributed by atoms with van der Waals surface area (Å²) in [5.74, 6) is -0.994. The molecular weight excluding hydrogens is 361 g/mol. The maximum Gasteiger partial charge on any atom is 0.400 e. The number of hydrogen-bond donors (Lipinski definition) is 2. The first-order chi connectivity index (χ1) is 11.8. The maximum atomic E-state index is 13.1. The molecule has 0 unspecified atom stereocenters. The SMILES string of the molecule is O=C(Nc1nnc(C2(C(F)(F)F)CC2)s1)c1cc2n(n1)CCNC2=O. The molecule has 2 aromatic rings. The van der Waals surface area contributed by atoms with E-state index in [1.807, 2.05) is 0 Å². The fraction of sp³-hybridized carbons (Fsp3) is 0.462. The summed E-state index contributed by atoms with van der Waals surface area (Å²) in [5.41, 5.74) is -1.69. The van der Waals surface area contributed by atoms with Crippen LogP contribution in [-0.2, 0) is 12.0 Å². The molecule has 3 heterocycles. The van der Waals surface area contributed by atoms with E-state index in [1.54, 1.807) is 0 Å². The number of nitrogens with one attached hydrogen (secondary N) is 2. The van der Waals surface area contributed by atoms with E-state index in [0.29, 0.717) is 24.4 Å². The third-order valence-corrected chi connectivity index (χ3v) is 5.24. The lowest BCUT2D eigenvalue weighted by Crippen LogP contribution is -2.35. The van der Waals surface area contributed by atoms with Gasteiger partial charge in [0.05, 0.1) is 6.54 Å². The van der Waals surface area contributed by atoms with Crippen LogP contribution in [0.15, 0.2) is 6.07 Å². The minimum atomic E-state index is -4.38. The van der Waals surface area contributed by atoms with E-state index in [9.17, 15) is 22.8 Å². The van der Waals surface area contributed by atoms with Crippen molar-refractivity contribution >= 4 is 28.3 Å². The van der Waals surface area contributed by atoms with Gasteiger partial charge in [0.2, 0.25) is 5.13 Å². The molecule has 1 fully saturated rings. The number of carbonyl (C=O) groups excluding carboxylic acids is 2. The van der Waals surface area contributed by atoms with Crippen LogP contribution in [0.3, 0.4) is 0 Å². The molecule has 4 rings (SSSR count). The number of hydrogen-bond acceptors (Lipinski definition) is 6. The molecule has 0 spiro atoms. The molecule has 2 N–H and O–H groups in total. The van der Waals surface area contributed by atoms with Crippen LogP contribution in [0.25, 0.3) is 0 Å². The highest BCUT2D eigenvalue weighted by atomic mass is 32.1. The van der Waals surface area contributed by atoms with E-state index in [4.69, 9.17) is 0 Å². The minimum Gasteiger partial charge on any atom is -0.349 e. The predicted octanol–water partition coefficient (Wildman–Crippen LogP) is 1.32. The number of anilines is 1. The summed E-state index contributed by atoms with van der Waals surface area (Å²) in [5, 5.41) is 16.0. The lowest BCUT2D eigenvalue weighted by Gasteiger charge is -2.15. The molecule has 132 valence electrons. The molecule has 2 aliphatic rings. The van der Waals surface area contributed by atoms with E-state index in [0.717, 1.165) is 0 Å². The van der Waals surface area contributed by atoms with Gasteiger partial charge in [-0.15, -0.1) is 10.2 Å². The Hall–Kier alpha value is -2.50. The summed E-state index contributed by atoms with van der Waals surface area (Å²) in [6.07, 6.45) is -4.44. The van der Waals surface area contributed by atoms with Gasteiger partial charge in [0, 0.05) is 12.6 Å². The Morgan fingerprint density at radius 1 is 1.36 bits per heavy atom. The highest BCUT2D eigenvalue weighted by Gasteiger charge is 2.66. The van der Waals surface area contributed by atoms with Crippen LogP contribution in [0, 0.1) is 0 Å². The first-order valence-electron chi connectivity index (χ1n) is 7.38. The second kappa shape index (κ2) is 5.25. The van der Waals surface area contributed by atoms with Crippen molar-refractivity contribution in [3.63, 3.8) is 0 Å². The van der Waals surface area contributed by atoms with Crippen LogP contribution in [0.4, 0.5) is 18.3 Å². The summed E-state index contributed by atoms with van der Waals surface area (Å²) in [7, 11) is 0. The fourth-order valence-corrected chi connectivity index (χ4v) is 3.62. The molecule has 0 bridgehead atoms. The van der Waals surface area contributed by atoms with Crippen molar-refractivity contribution in [1.82, 2.24) is 25.3 Å². The number of halogens is 3. The largest absolute Gasteiger partial charge is 0.400 e. The lowest BCUT2D eigenvalue weighted by molar-refractivity contribution is -0.160. The van der Waals surface area contributed by atoms with Crippen molar-refractivity contribution in [3.05, 3.63) is 22.5 Å². The van der Waals surface area contributed by atoms with Gasteiger partial charge in [0.1, 0.15) is 16.1 Å². The monoisotopic (exact) mass is 372 g/mol. The molecule has 2 amide bonds. The summed E-state index contributed by atoms with van der Waals surface area (Å²) in [4.78, 5) is 23.9. The Bertz CT molecular complexity index is 869. The molecule has 8 nitrogen and oxygen atoms in total. The first kappa shape index (κ1) is 16.0. The highest BCUT2D eigenvalue weighted by molar-refractivity contribution is 7.15. The number of fused-ring (bicyclic) bond motifs is 1. The molecule has 0 atom stereocenters. The van der Waals surface area contributed by atoms with Crippen molar-refractivity contribution < 1.29 is 22.8 Å². The molecule has 0 radical (unpaired) electrons. The van der Waals surface area contributed by atoms with Crippen LogP contribution in [0.5, 0.6) is 0 Å².